The third kappa shape index (κ3) is 6.86. The van der Waals surface area contributed by atoms with Gasteiger partial charge < -0.3 is 24.8 Å². The second kappa shape index (κ2) is 13.8. The summed E-state index contributed by atoms with van der Waals surface area (Å²) in [7, 11) is 1.74. The first-order chi connectivity index (χ1) is 23.3. The third-order valence-corrected chi connectivity index (χ3v) is 12.9. The molecular weight excluding hydrogens is 623 g/mol. The third-order valence-electron chi connectivity index (χ3n) is 11.7. The van der Waals surface area contributed by atoms with Crippen LogP contribution in [0.25, 0.3) is 10.4 Å². The van der Waals surface area contributed by atoms with Gasteiger partial charge in [0.25, 0.3) is 0 Å². The predicted molar refractivity (Wildman–Crippen MR) is 189 cm³/mol. The van der Waals surface area contributed by atoms with E-state index in [0.717, 1.165) is 66.9 Å². The summed E-state index contributed by atoms with van der Waals surface area (Å²) >= 11 is 1.79. The molecular formula is C39H49N3O5S. The summed E-state index contributed by atoms with van der Waals surface area (Å²) in [6, 6.07) is 15.3. The molecule has 5 saturated carbocycles. The van der Waals surface area contributed by atoms with Crippen molar-refractivity contribution < 1.29 is 24.2 Å². The van der Waals surface area contributed by atoms with E-state index < -0.39 is 6.09 Å². The van der Waals surface area contributed by atoms with Crippen molar-refractivity contribution in [2.75, 3.05) is 31.7 Å². The number of rotatable bonds is 11. The molecule has 0 spiro atoms. The maximum atomic E-state index is 14.6. The largest absolute Gasteiger partial charge is 0.496 e. The normalized spacial score (nSPS) is 26.6. The summed E-state index contributed by atoms with van der Waals surface area (Å²) in [6.07, 6.45) is 13.3. The number of aromatic nitrogens is 1. The maximum Gasteiger partial charge on any atom is 0.407 e. The van der Waals surface area contributed by atoms with E-state index in [2.05, 4.69) is 59.6 Å². The molecule has 0 saturated heterocycles. The summed E-state index contributed by atoms with van der Waals surface area (Å²) in [5.41, 5.74) is 5.04. The molecule has 48 heavy (non-hydrogen) atoms. The summed E-state index contributed by atoms with van der Waals surface area (Å²) in [6.45, 7) is 2.93. The number of ether oxygens (including phenoxy) is 2. The van der Waals surface area contributed by atoms with Gasteiger partial charge in [-0.05, 0) is 130 Å². The Bertz CT molecular complexity index is 1600. The number of aryl methyl sites for hydroxylation is 1. The number of hydrogen-bond donors (Lipinski definition) is 2. The van der Waals surface area contributed by atoms with Crippen molar-refractivity contribution in [2.24, 2.45) is 11.3 Å². The number of hydrogen-bond acceptors (Lipinski definition) is 7. The van der Waals surface area contributed by atoms with Crippen LogP contribution in [-0.2, 0) is 14.9 Å². The first-order valence-corrected chi connectivity index (χ1v) is 18.7. The molecule has 0 aliphatic heterocycles. The molecule has 5 aliphatic rings. The molecule has 0 unspecified atom stereocenters. The van der Waals surface area contributed by atoms with Crippen molar-refractivity contribution in [1.82, 2.24) is 10.3 Å². The minimum atomic E-state index is -0.500. The highest BCUT2D eigenvalue weighted by atomic mass is 32.1. The summed E-state index contributed by atoms with van der Waals surface area (Å²) in [4.78, 5) is 34.7. The van der Waals surface area contributed by atoms with Crippen LogP contribution in [0.15, 0.2) is 48.7 Å². The van der Waals surface area contributed by atoms with Crippen LogP contribution >= 0.6 is 11.3 Å². The molecule has 0 radical (unpaired) electrons. The number of benzene rings is 2. The number of aliphatic hydroxyl groups is 1. The van der Waals surface area contributed by atoms with E-state index in [1.807, 2.05) is 6.20 Å². The van der Waals surface area contributed by atoms with Crippen LogP contribution in [0.2, 0.25) is 0 Å². The van der Waals surface area contributed by atoms with Gasteiger partial charge in [0.05, 0.1) is 23.6 Å². The van der Waals surface area contributed by atoms with Gasteiger partial charge in [-0.3, -0.25) is 4.79 Å². The highest BCUT2D eigenvalue weighted by Gasteiger charge is 2.50. The number of alkyl carbamates (subject to hydrolysis) is 1. The molecule has 256 valence electrons. The summed E-state index contributed by atoms with van der Waals surface area (Å²) in [5, 5.41) is 12.8. The van der Waals surface area contributed by atoms with Crippen LogP contribution in [0.1, 0.15) is 99.1 Å². The van der Waals surface area contributed by atoms with Gasteiger partial charge in [0.15, 0.2) is 0 Å². The lowest BCUT2D eigenvalue weighted by Gasteiger charge is -2.55. The first-order valence-electron chi connectivity index (χ1n) is 17.9. The lowest BCUT2D eigenvalue weighted by atomic mass is 9.51. The number of anilines is 1. The zero-order chi connectivity index (χ0) is 33.3. The van der Waals surface area contributed by atoms with Crippen LogP contribution in [0.4, 0.5) is 10.5 Å². The first kappa shape index (κ1) is 33.1. The van der Waals surface area contributed by atoms with Gasteiger partial charge in [-0.15, -0.1) is 11.3 Å². The van der Waals surface area contributed by atoms with Crippen LogP contribution in [0.5, 0.6) is 5.75 Å². The Balaban J connectivity index is 1.10. The Morgan fingerprint density at radius 3 is 2.42 bits per heavy atom. The quantitative estimate of drug-likeness (QED) is 0.215. The van der Waals surface area contributed by atoms with Gasteiger partial charge in [0.2, 0.25) is 5.91 Å². The molecule has 5 aliphatic carbocycles. The van der Waals surface area contributed by atoms with E-state index in [4.69, 9.17) is 19.6 Å². The highest BCUT2D eigenvalue weighted by Crippen LogP contribution is 2.58. The maximum absolute atomic E-state index is 14.6. The van der Waals surface area contributed by atoms with E-state index in [-0.39, 0.29) is 41.9 Å². The second-order valence-electron chi connectivity index (χ2n) is 14.8. The molecule has 3 aromatic rings. The fraction of sp³-hybridized carbons (Fsp3) is 0.564. The average molecular weight is 672 g/mol. The molecule has 1 aromatic heterocycles. The van der Waals surface area contributed by atoms with Gasteiger partial charge in [-0.2, -0.15) is 0 Å². The van der Waals surface area contributed by atoms with Gasteiger partial charge in [-0.1, -0.05) is 24.3 Å². The van der Waals surface area contributed by atoms with Crippen molar-refractivity contribution in [3.63, 3.8) is 0 Å². The number of amides is 2. The minimum absolute atomic E-state index is 0.101. The number of carbonyl (C=O) groups is 2. The second-order valence-corrected chi connectivity index (χ2v) is 15.9. The number of nitrogens with one attached hydrogen (secondary N) is 1. The monoisotopic (exact) mass is 671 g/mol. The summed E-state index contributed by atoms with van der Waals surface area (Å²) in [5.74, 6) is 1.65. The van der Waals surface area contributed by atoms with Crippen LogP contribution < -0.4 is 15.0 Å². The van der Waals surface area contributed by atoms with Crippen LogP contribution in [-0.4, -0.2) is 55.0 Å². The fourth-order valence-electron chi connectivity index (χ4n) is 8.54. The van der Waals surface area contributed by atoms with E-state index in [1.54, 1.807) is 18.4 Å². The van der Waals surface area contributed by atoms with Crippen LogP contribution in [0.3, 0.4) is 0 Å². The molecule has 9 heteroatoms. The number of methoxy groups -OCH3 is 1. The highest BCUT2D eigenvalue weighted by molar-refractivity contribution is 7.15. The molecule has 2 aromatic carbocycles. The topological polar surface area (TPSA) is 101 Å². The lowest BCUT2D eigenvalue weighted by molar-refractivity contribution is -0.124. The van der Waals surface area contributed by atoms with Crippen LogP contribution in [0, 0.1) is 18.3 Å². The van der Waals surface area contributed by atoms with E-state index in [0.29, 0.717) is 31.6 Å². The number of nitrogens with zero attached hydrogens (tertiary/aromatic N) is 2. The van der Waals surface area contributed by atoms with E-state index in [1.165, 1.54) is 29.0 Å². The Morgan fingerprint density at radius 2 is 1.75 bits per heavy atom. The van der Waals surface area contributed by atoms with Gasteiger partial charge in [0.1, 0.15) is 11.9 Å². The van der Waals surface area contributed by atoms with Gasteiger partial charge >= 0.3 is 6.09 Å². The standard InChI is InChI=1S/C39H49N3O5S/c1-26-22-30(10-13-33(26)46-2)39-17-14-38(15-18-39,16-19-39)25-42(36(44)28-8-11-32(12-9-28)47-37(45)40-20-21-43)31-5-3-4-29(23-31)34-24-41-35(48-34)27-6-7-27/h3-5,10,13,22-24,27-28,32,43H,6-9,11-12,14-21,25H2,1-2H3,(H,40,45). The molecule has 2 bridgehead atoms. The molecule has 8 nitrogen and oxygen atoms in total. The Hall–Kier alpha value is -3.43. The zero-order valence-electron chi connectivity index (χ0n) is 28.3. The van der Waals surface area contributed by atoms with E-state index in [9.17, 15) is 9.59 Å². The molecule has 0 atom stereocenters. The average Bonchev–Trinajstić information content (AvgIpc) is 3.86. The molecule has 1 heterocycles. The molecule has 5 fully saturated rings. The SMILES string of the molecule is COc1ccc(C23CCC(CN(C(=O)C4CCC(OC(=O)NCCO)CC4)c4cccc(-c5cnc(C6CC6)s5)c4)(CC2)CC3)cc1C. The number of aliphatic hydroxyl groups excluding tert-OH is 1. The van der Waals surface area contributed by atoms with Gasteiger partial charge in [-0.25, -0.2) is 9.78 Å². The Labute approximate surface area is 288 Å². The fourth-order valence-corrected chi connectivity index (χ4v) is 9.62. The van der Waals surface area contributed by atoms with E-state index >= 15 is 0 Å². The number of thiazole rings is 1. The Kier molecular flexibility index (Phi) is 9.53. The van der Waals surface area contributed by atoms with Gasteiger partial charge in [0, 0.05) is 36.8 Å². The molecule has 2 amide bonds. The van der Waals surface area contributed by atoms with Crippen molar-refractivity contribution in [3.8, 4) is 16.2 Å². The predicted octanol–water partition coefficient (Wildman–Crippen LogP) is 7.91. The number of fused-ring (bicyclic) bond motifs is 3. The summed E-state index contributed by atoms with van der Waals surface area (Å²) < 4.78 is 11.1. The number of carbonyl (C=O) groups excluding carboxylic acids is 2. The van der Waals surface area contributed by atoms with Crippen molar-refractivity contribution in [1.29, 1.82) is 0 Å². The zero-order valence-corrected chi connectivity index (χ0v) is 29.2. The lowest BCUT2D eigenvalue weighted by Crippen LogP contribution is -2.51. The van der Waals surface area contributed by atoms with Crippen molar-refractivity contribution in [3.05, 3.63) is 64.8 Å². The molecule has 8 rings (SSSR count). The smallest absolute Gasteiger partial charge is 0.407 e. The Morgan fingerprint density at radius 1 is 1.00 bits per heavy atom. The van der Waals surface area contributed by atoms with Crippen molar-refractivity contribution >= 4 is 29.0 Å². The molecule has 2 N–H and O–H groups in total. The van der Waals surface area contributed by atoms with Crippen molar-refractivity contribution in [2.45, 2.75) is 101 Å². The minimum Gasteiger partial charge on any atom is -0.496 e.